The van der Waals surface area contributed by atoms with Crippen molar-refractivity contribution >= 4 is 11.9 Å². The molecule has 0 aromatic carbocycles. The van der Waals surface area contributed by atoms with Crippen LogP contribution in [0.2, 0.25) is 0 Å². The lowest BCUT2D eigenvalue weighted by molar-refractivity contribution is -0.140. The number of amides is 1. The molecule has 1 aliphatic heterocycles. The topological polar surface area (TPSA) is 89.9 Å². The van der Waals surface area contributed by atoms with Crippen LogP contribution in [-0.2, 0) is 9.59 Å². The van der Waals surface area contributed by atoms with Crippen LogP contribution in [0, 0.1) is 0 Å². The molecule has 3 N–H and O–H groups in total. The molecule has 0 saturated carbocycles. The van der Waals surface area contributed by atoms with Crippen LogP contribution in [0.5, 0.6) is 0 Å². The van der Waals surface area contributed by atoms with Crippen LogP contribution in [0.1, 0.15) is 19.8 Å². The van der Waals surface area contributed by atoms with Gasteiger partial charge in [-0.3, -0.25) is 9.69 Å². The van der Waals surface area contributed by atoms with Crippen molar-refractivity contribution in [3.05, 3.63) is 0 Å². The van der Waals surface area contributed by atoms with E-state index < -0.39 is 12.0 Å². The van der Waals surface area contributed by atoms with Crippen molar-refractivity contribution in [3.63, 3.8) is 0 Å². The largest absolute Gasteiger partial charge is 0.480 e. The Balaban J connectivity index is 0.000000288. The molecule has 2 unspecified atom stereocenters. The summed E-state index contributed by atoms with van der Waals surface area (Å²) in [5.74, 6) is -1.11. The van der Waals surface area contributed by atoms with Gasteiger partial charge in [0.15, 0.2) is 0 Å². The first kappa shape index (κ1) is 13.9. The SMILES string of the molecule is CC(O)N(C)C.O=C1CCC(C(=O)O)N1. The van der Waals surface area contributed by atoms with Gasteiger partial charge in [-0.2, -0.15) is 0 Å². The lowest BCUT2D eigenvalue weighted by Crippen LogP contribution is -2.32. The van der Waals surface area contributed by atoms with Crippen LogP contribution in [0.25, 0.3) is 0 Å². The number of aliphatic hydroxyl groups excluding tert-OH is 1. The summed E-state index contributed by atoms with van der Waals surface area (Å²) in [6.07, 6.45) is 0.454. The summed E-state index contributed by atoms with van der Waals surface area (Å²) in [7, 11) is 3.65. The maximum Gasteiger partial charge on any atom is 0.326 e. The molecule has 0 bridgehead atoms. The van der Waals surface area contributed by atoms with Crippen molar-refractivity contribution in [3.8, 4) is 0 Å². The summed E-state index contributed by atoms with van der Waals surface area (Å²) in [6.45, 7) is 1.72. The van der Waals surface area contributed by atoms with E-state index in [1.807, 2.05) is 14.1 Å². The van der Waals surface area contributed by atoms with Gasteiger partial charge in [0.1, 0.15) is 12.3 Å². The minimum atomic E-state index is -0.944. The standard InChI is InChI=1S/C5H7NO3.C4H11NO/c7-4-2-1-3(6-4)5(8)9;1-4(6)5(2)3/h3H,1-2H2,(H,6,7)(H,8,9);4,6H,1-3H3. The number of carbonyl (C=O) groups is 2. The molecular formula is C9H18N2O4. The highest BCUT2D eigenvalue weighted by Gasteiger charge is 2.26. The molecule has 15 heavy (non-hydrogen) atoms. The average molecular weight is 218 g/mol. The van der Waals surface area contributed by atoms with Crippen LogP contribution in [0.15, 0.2) is 0 Å². The van der Waals surface area contributed by atoms with Crippen molar-refractivity contribution in [1.82, 2.24) is 10.2 Å². The van der Waals surface area contributed by atoms with Gasteiger partial charge in [-0.15, -0.1) is 0 Å². The first-order valence-electron chi connectivity index (χ1n) is 4.71. The molecule has 1 rings (SSSR count). The van der Waals surface area contributed by atoms with Crippen molar-refractivity contribution in [1.29, 1.82) is 0 Å². The van der Waals surface area contributed by atoms with E-state index in [9.17, 15) is 9.59 Å². The number of carboxylic acid groups (broad SMARTS) is 1. The molecule has 1 heterocycles. The molecule has 6 heteroatoms. The van der Waals surface area contributed by atoms with Crippen molar-refractivity contribution in [2.75, 3.05) is 14.1 Å². The van der Waals surface area contributed by atoms with Gasteiger partial charge in [-0.05, 0) is 27.4 Å². The number of carbonyl (C=O) groups excluding carboxylic acids is 1. The number of aliphatic carboxylic acids is 1. The normalized spacial score (nSPS) is 21.7. The van der Waals surface area contributed by atoms with Gasteiger partial charge in [-0.1, -0.05) is 0 Å². The van der Waals surface area contributed by atoms with Gasteiger partial charge < -0.3 is 15.5 Å². The van der Waals surface area contributed by atoms with Gasteiger partial charge in [0.25, 0.3) is 0 Å². The molecule has 0 radical (unpaired) electrons. The second kappa shape index (κ2) is 6.36. The van der Waals surface area contributed by atoms with Crippen molar-refractivity contribution < 1.29 is 19.8 Å². The third-order valence-corrected chi connectivity index (χ3v) is 2.04. The number of nitrogens with zero attached hydrogens (tertiary/aromatic N) is 1. The highest BCUT2D eigenvalue weighted by Crippen LogP contribution is 2.05. The molecule has 1 amide bonds. The van der Waals surface area contributed by atoms with E-state index in [0.717, 1.165) is 0 Å². The Labute approximate surface area is 88.9 Å². The van der Waals surface area contributed by atoms with Crippen LogP contribution >= 0.6 is 0 Å². The molecule has 1 aliphatic rings. The number of nitrogens with one attached hydrogen (secondary N) is 1. The summed E-state index contributed by atoms with van der Waals surface area (Å²) in [5, 5.41) is 19.2. The second-order valence-corrected chi connectivity index (χ2v) is 3.59. The van der Waals surface area contributed by atoms with E-state index in [0.29, 0.717) is 12.8 Å². The fraction of sp³-hybridized carbons (Fsp3) is 0.778. The van der Waals surface area contributed by atoms with Crippen LogP contribution in [0.3, 0.4) is 0 Å². The van der Waals surface area contributed by atoms with Gasteiger partial charge in [-0.25, -0.2) is 4.79 Å². The summed E-state index contributed by atoms with van der Waals surface area (Å²) < 4.78 is 0. The maximum absolute atomic E-state index is 10.4. The summed E-state index contributed by atoms with van der Waals surface area (Å²) >= 11 is 0. The smallest absolute Gasteiger partial charge is 0.326 e. The average Bonchev–Trinajstić information content (AvgIpc) is 2.52. The number of aliphatic hydroxyl groups is 1. The van der Waals surface area contributed by atoms with Gasteiger partial charge in [0, 0.05) is 6.42 Å². The Kier molecular flexibility index (Phi) is 5.88. The first-order valence-corrected chi connectivity index (χ1v) is 4.71. The Hall–Kier alpha value is -1.14. The first-order chi connectivity index (χ1) is 6.84. The molecule has 6 nitrogen and oxygen atoms in total. The zero-order valence-electron chi connectivity index (χ0n) is 9.23. The molecule has 0 aromatic heterocycles. The molecule has 88 valence electrons. The quantitative estimate of drug-likeness (QED) is 0.530. The minimum Gasteiger partial charge on any atom is -0.480 e. The fourth-order valence-corrected chi connectivity index (χ4v) is 0.799. The predicted molar refractivity (Wildman–Crippen MR) is 54.2 cm³/mol. The number of rotatable bonds is 2. The lowest BCUT2D eigenvalue weighted by Gasteiger charge is -2.11. The van der Waals surface area contributed by atoms with E-state index in [4.69, 9.17) is 10.2 Å². The monoisotopic (exact) mass is 218 g/mol. The zero-order valence-corrected chi connectivity index (χ0v) is 9.23. The third kappa shape index (κ3) is 6.03. The molecule has 1 fully saturated rings. The molecular weight excluding hydrogens is 200 g/mol. The Morgan fingerprint density at radius 1 is 1.60 bits per heavy atom. The Bertz CT molecular complexity index is 222. The van der Waals surface area contributed by atoms with Gasteiger partial charge >= 0.3 is 5.97 Å². The highest BCUT2D eigenvalue weighted by atomic mass is 16.4. The summed E-state index contributed by atoms with van der Waals surface area (Å²) in [6, 6.07) is -0.641. The van der Waals surface area contributed by atoms with Crippen molar-refractivity contribution in [2.45, 2.75) is 32.0 Å². The molecule has 0 spiro atoms. The predicted octanol–water partition coefficient (Wildman–Crippen LogP) is -0.764. The van der Waals surface area contributed by atoms with Gasteiger partial charge in [0.2, 0.25) is 5.91 Å². The van der Waals surface area contributed by atoms with E-state index >= 15 is 0 Å². The third-order valence-electron chi connectivity index (χ3n) is 2.04. The summed E-state index contributed by atoms with van der Waals surface area (Å²) in [5.41, 5.74) is 0. The number of carboxylic acids is 1. The number of hydrogen-bond acceptors (Lipinski definition) is 4. The minimum absolute atomic E-state index is 0.164. The lowest BCUT2D eigenvalue weighted by atomic mass is 10.2. The highest BCUT2D eigenvalue weighted by molar-refractivity contribution is 5.87. The Morgan fingerprint density at radius 2 is 2.07 bits per heavy atom. The molecule has 0 aliphatic carbocycles. The van der Waals surface area contributed by atoms with Crippen LogP contribution in [0.4, 0.5) is 0 Å². The number of hydrogen-bond donors (Lipinski definition) is 3. The molecule has 1 saturated heterocycles. The van der Waals surface area contributed by atoms with E-state index in [1.165, 1.54) is 0 Å². The van der Waals surface area contributed by atoms with E-state index in [-0.39, 0.29) is 12.1 Å². The van der Waals surface area contributed by atoms with Crippen LogP contribution in [-0.4, -0.2) is 53.4 Å². The van der Waals surface area contributed by atoms with Gasteiger partial charge in [0.05, 0.1) is 0 Å². The van der Waals surface area contributed by atoms with Crippen molar-refractivity contribution in [2.24, 2.45) is 0 Å². The molecule has 2 atom stereocenters. The fourth-order valence-electron chi connectivity index (χ4n) is 0.799. The van der Waals surface area contributed by atoms with E-state index in [2.05, 4.69) is 5.32 Å². The Morgan fingerprint density at radius 3 is 2.20 bits per heavy atom. The second-order valence-electron chi connectivity index (χ2n) is 3.59. The maximum atomic E-state index is 10.4. The zero-order chi connectivity index (χ0) is 12.0. The summed E-state index contributed by atoms with van der Waals surface area (Å²) in [4.78, 5) is 22.2. The molecule has 0 aromatic rings. The van der Waals surface area contributed by atoms with E-state index in [1.54, 1.807) is 11.8 Å². The van der Waals surface area contributed by atoms with Crippen LogP contribution < -0.4 is 5.32 Å².